The Morgan fingerprint density at radius 2 is 1.96 bits per heavy atom. The molecule has 11 nitrogen and oxygen atoms in total. The van der Waals surface area contributed by atoms with E-state index < -0.39 is 33.6 Å². The average molecular weight is 648 g/mol. The van der Waals surface area contributed by atoms with Crippen LogP contribution >= 0.6 is 11.6 Å². The fourth-order valence-corrected chi connectivity index (χ4v) is 7.95. The van der Waals surface area contributed by atoms with Crippen molar-refractivity contribution in [1.82, 2.24) is 15.2 Å². The lowest BCUT2D eigenvalue weighted by molar-refractivity contribution is -0.127. The summed E-state index contributed by atoms with van der Waals surface area (Å²) in [5.41, 5.74) is 0.0590. The lowest BCUT2D eigenvalue weighted by Crippen LogP contribution is -2.55. The normalized spacial score (nSPS) is 21.6. The molecule has 3 atom stereocenters. The third-order valence-electron chi connectivity index (χ3n) is 8.26. The van der Waals surface area contributed by atoms with E-state index in [2.05, 4.69) is 10.3 Å². The maximum Gasteiger partial charge on any atom is 0.271 e. The first-order valence-corrected chi connectivity index (χ1v) is 16.1. The molecule has 0 aliphatic carbocycles. The van der Waals surface area contributed by atoms with Gasteiger partial charge in [0.25, 0.3) is 15.9 Å². The van der Waals surface area contributed by atoms with Gasteiger partial charge in [0.05, 0.1) is 47.7 Å². The molecule has 6 rings (SSSR count). The number of methoxy groups -OCH3 is 1. The highest BCUT2D eigenvalue weighted by Gasteiger charge is 2.63. The molecule has 232 valence electrons. The largest absolute Gasteiger partial charge is 0.496 e. The Hall–Kier alpha value is -4.25. The fraction of sp³-hybridized carbons (Fsp3) is 0.281. The van der Waals surface area contributed by atoms with Gasteiger partial charge in [0.15, 0.2) is 5.54 Å². The van der Waals surface area contributed by atoms with Gasteiger partial charge in [-0.3, -0.25) is 9.69 Å². The number of anilines is 1. The van der Waals surface area contributed by atoms with E-state index in [1.54, 1.807) is 17.0 Å². The number of halogens is 1. The fourth-order valence-electron chi connectivity index (χ4n) is 6.32. The first-order valence-electron chi connectivity index (χ1n) is 14.3. The van der Waals surface area contributed by atoms with Crippen molar-refractivity contribution in [2.75, 3.05) is 24.5 Å². The van der Waals surface area contributed by atoms with Crippen molar-refractivity contribution in [3.8, 4) is 11.8 Å². The number of carbonyl (C=O) groups is 1. The predicted octanol–water partition coefficient (Wildman–Crippen LogP) is 4.10. The maximum absolute atomic E-state index is 15.3. The Kier molecular flexibility index (Phi) is 8.15. The highest BCUT2D eigenvalue weighted by molar-refractivity contribution is 7.93. The summed E-state index contributed by atoms with van der Waals surface area (Å²) in [7, 11) is -3.04. The van der Waals surface area contributed by atoms with E-state index in [9.17, 15) is 18.8 Å². The van der Waals surface area contributed by atoms with E-state index in [1.165, 1.54) is 56.0 Å². The van der Waals surface area contributed by atoms with Crippen molar-refractivity contribution in [2.45, 2.75) is 42.5 Å². The lowest BCUT2D eigenvalue weighted by atomic mass is 9.80. The number of nitriles is 1. The zero-order valence-electron chi connectivity index (χ0n) is 24.5. The van der Waals surface area contributed by atoms with Gasteiger partial charge < -0.3 is 19.6 Å². The molecule has 1 unspecified atom stereocenters. The Morgan fingerprint density at radius 1 is 1.18 bits per heavy atom. The van der Waals surface area contributed by atoms with Crippen molar-refractivity contribution in [1.29, 1.82) is 5.26 Å². The number of aliphatic hydroxyl groups excluding tert-OH is 1. The zero-order valence-corrected chi connectivity index (χ0v) is 26.0. The number of hydrogen-bond donors (Lipinski definition) is 2. The van der Waals surface area contributed by atoms with E-state index in [0.717, 1.165) is 16.4 Å². The summed E-state index contributed by atoms with van der Waals surface area (Å²) in [4.78, 5) is 21.2. The molecule has 0 bridgehead atoms. The number of fused-ring (bicyclic) bond motifs is 1. The number of oxazole rings is 1. The number of β-amino-alcohol motifs (C(OH)–C–C–N with tert-alkyl or cyclic N) is 1. The molecule has 45 heavy (non-hydrogen) atoms. The highest BCUT2D eigenvalue weighted by atomic mass is 35.5. The smallest absolute Gasteiger partial charge is 0.271 e. The quantitative estimate of drug-likeness (QED) is 0.272. The van der Waals surface area contributed by atoms with Crippen molar-refractivity contribution in [2.24, 2.45) is 0 Å². The van der Waals surface area contributed by atoms with Gasteiger partial charge in [0.2, 0.25) is 5.89 Å². The molecular weight excluding hydrogens is 618 g/mol. The van der Waals surface area contributed by atoms with Gasteiger partial charge in [-0.05, 0) is 67.1 Å². The number of benzene rings is 3. The molecule has 1 saturated heterocycles. The van der Waals surface area contributed by atoms with Crippen LogP contribution in [0.25, 0.3) is 0 Å². The van der Waals surface area contributed by atoms with E-state index in [-0.39, 0.29) is 40.0 Å². The topological polar surface area (TPSA) is 149 Å². The third-order valence-corrected chi connectivity index (χ3v) is 10.2. The second kappa shape index (κ2) is 11.9. The molecule has 3 aromatic carbocycles. The third kappa shape index (κ3) is 4.97. The Labute approximate surface area is 265 Å². The number of aromatic nitrogens is 1. The number of nitrogens with zero attached hydrogens (tertiary/aromatic N) is 4. The van der Waals surface area contributed by atoms with Crippen LogP contribution in [0.4, 0.5) is 5.69 Å². The standard InChI is InChI=1S/C32H30ClN5O6S/c1-3-35-18-21-6-10-25(29(14-21)43-2)32(37-19-23(39)16-28(37)30-36-12-13-44-30)26-15-22(33)7-11-27(26)38(31(32)40)45(41,42)24-8-4-20(17-34)5-9-24/h4-15,23,28,35,39H,3,16,18-19H2,1-2H3/t23-,28+,32?/m1/s1. The number of nitrogens with one attached hydrogen (secondary N) is 1. The molecule has 0 spiro atoms. The van der Waals surface area contributed by atoms with E-state index >= 15 is 4.79 Å². The average Bonchev–Trinajstić information content (AvgIpc) is 3.77. The van der Waals surface area contributed by atoms with Crippen LogP contribution in [0.15, 0.2) is 82.4 Å². The molecule has 1 amide bonds. The van der Waals surface area contributed by atoms with E-state index in [1.807, 2.05) is 25.1 Å². The van der Waals surface area contributed by atoms with Gasteiger partial charge in [-0.1, -0.05) is 30.7 Å². The first kappa shape index (κ1) is 30.8. The molecule has 4 aromatic rings. The molecule has 0 radical (unpaired) electrons. The molecule has 3 heterocycles. The summed E-state index contributed by atoms with van der Waals surface area (Å²) in [6, 6.07) is 16.6. The summed E-state index contributed by atoms with van der Waals surface area (Å²) in [5.74, 6) is -0.208. The Balaban J connectivity index is 1.65. The summed E-state index contributed by atoms with van der Waals surface area (Å²) >= 11 is 6.58. The van der Waals surface area contributed by atoms with Crippen molar-refractivity contribution < 1.29 is 27.5 Å². The monoisotopic (exact) mass is 647 g/mol. The first-order chi connectivity index (χ1) is 21.7. The van der Waals surface area contributed by atoms with Crippen LogP contribution in [-0.4, -0.2) is 55.6 Å². The number of rotatable bonds is 9. The number of amides is 1. The molecule has 2 aliphatic rings. The van der Waals surface area contributed by atoms with Crippen molar-refractivity contribution >= 4 is 33.2 Å². The summed E-state index contributed by atoms with van der Waals surface area (Å²) in [5, 5.41) is 23.9. The molecule has 2 N–H and O–H groups in total. The second-order valence-corrected chi connectivity index (χ2v) is 13.0. The van der Waals surface area contributed by atoms with E-state index in [0.29, 0.717) is 23.4 Å². The summed E-state index contributed by atoms with van der Waals surface area (Å²) < 4.78 is 41.1. The van der Waals surface area contributed by atoms with Gasteiger partial charge >= 0.3 is 0 Å². The number of sulfonamides is 1. The number of aliphatic hydroxyl groups is 1. The minimum absolute atomic E-state index is 0.0161. The predicted molar refractivity (Wildman–Crippen MR) is 165 cm³/mol. The summed E-state index contributed by atoms with van der Waals surface area (Å²) in [6.45, 7) is 3.25. The number of hydrogen-bond acceptors (Lipinski definition) is 10. The van der Waals surface area contributed by atoms with Crippen LogP contribution in [0.1, 0.15) is 47.5 Å². The van der Waals surface area contributed by atoms with Gasteiger partial charge in [0, 0.05) is 29.2 Å². The molecule has 13 heteroatoms. The molecule has 1 aromatic heterocycles. The van der Waals surface area contributed by atoms with Gasteiger partial charge in [-0.15, -0.1) is 0 Å². The van der Waals surface area contributed by atoms with Crippen molar-refractivity contribution in [3.63, 3.8) is 0 Å². The highest BCUT2D eigenvalue weighted by Crippen LogP contribution is 2.56. The Morgan fingerprint density at radius 3 is 2.62 bits per heavy atom. The minimum atomic E-state index is -4.52. The lowest BCUT2D eigenvalue weighted by Gasteiger charge is -2.41. The van der Waals surface area contributed by atoms with Gasteiger partial charge in [-0.2, -0.15) is 5.26 Å². The van der Waals surface area contributed by atoms with Crippen LogP contribution in [0, 0.1) is 11.3 Å². The van der Waals surface area contributed by atoms with E-state index in [4.69, 9.17) is 20.8 Å². The second-order valence-electron chi connectivity index (χ2n) is 10.8. The molecule has 2 aliphatic heterocycles. The number of likely N-dealkylation sites (tertiary alicyclic amines) is 1. The number of carbonyl (C=O) groups excluding carboxylic acids is 1. The van der Waals surface area contributed by atoms with Crippen LogP contribution in [0.5, 0.6) is 5.75 Å². The van der Waals surface area contributed by atoms with Crippen molar-refractivity contribution in [3.05, 3.63) is 106 Å². The maximum atomic E-state index is 15.3. The van der Waals surface area contributed by atoms with Gasteiger partial charge in [0.1, 0.15) is 12.0 Å². The van der Waals surface area contributed by atoms with Crippen LogP contribution in [0.2, 0.25) is 5.02 Å². The van der Waals surface area contributed by atoms with Crippen LogP contribution in [-0.2, 0) is 26.9 Å². The van der Waals surface area contributed by atoms with Crippen LogP contribution in [0.3, 0.4) is 0 Å². The molecule has 1 fully saturated rings. The van der Waals surface area contributed by atoms with Gasteiger partial charge in [-0.25, -0.2) is 17.7 Å². The summed E-state index contributed by atoms with van der Waals surface area (Å²) in [6.07, 6.45) is 2.17. The minimum Gasteiger partial charge on any atom is -0.496 e. The molecule has 0 saturated carbocycles. The Bertz CT molecular complexity index is 1890. The molecular formula is C32H30ClN5O6S. The number of ether oxygens (including phenoxy) is 1. The van der Waals surface area contributed by atoms with Crippen LogP contribution < -0.4 is 14.4 Å². The SMILES string of the molecule is CCNCc1ccc(C2(N3C[C@H](O)C[C@H]3c3ncco3)C(=O)N(S(=O)(=O)c3ccc(C#N)cc3)c3ccc(Cl)cc32)c(OC)c1. The zero-order chi connectivity index (χ0) is 31.9.